The van der Waals surface area contributed by atoms with Crippen molar-refractivity contribution in [3.63, 3.8) is 0 Å². The van der Waals surface area contributed by atoms with Gasteiger partial charge in [0, 0.05) is 18.1 Å². The molecule has 0 aliphatic rings. The first-order valence-corrected chi connectivity index (χ1v) is 7.34. The third-order valence-electron chi connectivity index (χ3n) is 2.47. The van der Waals surface area contributed by atoms with Crippen LogP contribution >= 0.6 is 22.9 Å². The van der Waals surface area contributed by atoms with Crippen LogP contribution in [0.5, 0.6) is 0 Å². The average molecular weight is 299 g/mol. The monoisotopic (exact) mass is 298 g/mol. The lowest BCUT2D eigenvalue weighted by Gasteiger charge is -2.04. The van der Waals surface area contributed by atoms with Crippen LogP contribution in [0.2, 0.25) is 0 Å². The van der Waals surface area contributed by atoms with Crippen LogP contribution in [0.1, 0.15) is 16.3 Å². The van der Waals surface area contributed by atoms with Gasteiger partial charge in [0.15, 0.2) is 0 Å². The van der Waals surface area contributed by atoms with Crippen LogP contribution in [-0.2, 0) is 23.6 Å². The minimum atomic E-state index is -0.0284. The van der Waals surface area contributed by atoms with E-state index in [1.807, 2.05) is 23.2 Å². The van der Waals surface area contributed by atoms with Crippen molar-refractivity contribution in [2.45, 2.75) is 25.8 Å². The van der Waals surface area contributed by atoms with Gasteiger partial charge in [-0.05, 0) is 12.5 Å². The van der Waals surface area contributed by atoms with Crippen LogP contribution in [0.3, 0.4) is 0 Å². The molecule has 2 heterocycles. The molecule has 0 saturated carbocycles. The number of alkyl halides is 1. The number of thiazole rings is 1. The summed E-state index contributed by atoms with van der Waals surface area (Å²) in [6.45, 7) is 3.22. The van der Waals surface area contributed by atoms with Gasteiger partial charge in [0.1, 0.15) is 5.01 Å². The van der Waals surface area contributed by atoms with Gasteiger partial charge in [-0.1, -0.05) is 0 Å². The molecule has 0 radical (unpaired) electrons. The summed E-state index contributed by atoms with van der Waals surface area (Å²) in [4.78, 5) is 15.9. The van der Waals surface area contributed by atoms with Gasteiger partial charge in [0.05, 0.1) is 30.7 Å². The molecule has 102 valence electrons. The summed E-state index contributed by atoms with van der Waals surface area (Å²) in [7, 11) is 0. The minimum Gasteiger partial charge on any atom is -0.354 e. The van der Waals surface area contributed by atoms with Gasteiger partial charge in [-0.25, -0.2) is 4.98 Å². The molecule has 0 aromatic carbocycles. The normalized spacial score (nSPS) is 10.6. The Hall–Kier alpha value is -1.40. The summed E-state index contributed by atoms with van der Waals surface area (Å²) >= 11 is 7.13. The zero-order valence-electron chi connectivity index (χ0n) is 10.6. The summed E-state index contributed by atoms with van der Waals surface area (Å²) in [5.41, 5.74) is 1.93. The Morgan fingerprint density at radius 1 is 1.58 bits per heavy atom. The summed E-state index contributed by atoms with van der Waals surface area (Å²) in [5.74, 6) is 0.357. The minimum absolute atomic E-state index is 0.0284. The zero-order chi connectivity index (χ0) is 13.7. The highest BCUT2D eigenvalue weighted by atomic mass is 35.5. The number of carbonyl (C=O) groups is 1. The van der Waals surface area contributed by atoms with Gasteiger partial charge in [0.2, 0.25) is 5.91 Å². The lowest BCUT2D eigenvalue weighted by atomic mass is 10.4. The summed E-state index contributed by atoms with van der Waals surface area (Å²) in [5, 5.41) is 9.67. The van der Waals surface area contributed by atoms with E-state index in [0.29, 0.717) is 25.4 Å². The number of amides is 1. The molecule has 2 aromatic rings. The van der Waals surface area contributed by atoms with Crippen LogP contribution in [0.15, 0.2) is 17.8 Å². The van der Waals surface area contributed by atoms with E-state index in [1.54, 1.807) is 6.20 Å². The molecule has 2 aromatic heterocycles. The molecule has 0 atom stereocenters. The van der Waals surface area contributed by atoms with E-state index in [2.05, 4.69) is 15.4 Å². The van der Waals surface area contributed by atoms with Gasteiger partial charge in [-0.15, -0.1) is 22.9 Å². The number of nitrogens with zero attached hydrogens (tertiary/aromatic N) is 3. The van der Waals surface area contributed by atoms with Crippen LogP contribution in [-0.4, -0.2) is 27.2 Å². The topological polar surface area (TPSA) is 59.8 Å². The predicted molar refractivity (Wildman–Crippen MR) is 75.3 cm³/mol. The first kappa shape index (κ1) is 14.0. The van der Waals surface area contributed by atoms with Crippen molar-refractivity contribution in [3.8, 4) is 0 Å². The van der Waals surface area contributed by atoms with Crippen LogP contribution < -0.4 is 5.32 Å². The van der Waals surface area contributed by atoms with Crippen molar-refractivity contribution < 1.29 is 4.79 Å². The molecule has 5 nitrogen and oxygen atoms in total. The first-order valence-electron chi connectivity index (χ1n) is 5.92. The number of hydrogen-bond acceptors (Lipinski definition) is 4. The van der Waals surface area contributed by atoms with Crippen LogP contribution in [0.25, 0.3) is 0 Å². The first-order chi connectivity index (χ1) is 9.17. The fraction of sp³-hybridized carbons (Fsp3) is 0.417. The van der Waals surface area contributed by atoms with Crippen molar-refractivity contribution in [1.82, 2.24) is 20.1 Å². The molecule has 0 spiro atoms. The van der Waals surface area contributed by atoms with Crippen molar-refractivity contribution in [3.05, 3.63) is 34.0 Å². The SMILES string of the molecule is Cc1cnn(CCNC(=O)Cc2nc(CCl)cs2)c1. The molecular formula is C12H15ClN4OS. The van der Waals surface area contributed by atoms with Crippen LogP contribution in [0.4, 0.5) is 0 Å². The highest BCUT2D eigenvalue weighted by Crippen LogP contribution is 2.11. The molecule has 1 amide bonds. The Morgan fingerprint density at radius 2 is 2.42 bits per heavy atom. The summed E-state index contributed by atoms with van der Waals surface area (Å²) < 4.78 is 1.81. The number of nitrogens with one attached hydrogen (secondary N) is 1. The molecule has 19 heavy (non-hydrogen) atoms. The fourth-order valence-electron chi connectivity index (χ4n) is 1.59. The van der Waals surface area contributed by atoms with Gasteiger partial charge < -0.3 is 5.32 Å². The lowest BCUT2D eigenvalue weighted by molar-refractivity contribution is -0.120. The number of hydrogen-bond donors (Lipinski definition) is 1. The molecule has 0 aliphatic carbocycles. The van der Waals surface area contributed by atoms with Gasteiger partial charge >= 0.3 is 0 Å². The smallest absolute Gasteiger partial charge is 0.226 e. The highest BCUT2D eigenvalue weighted by Gasteiger charge is 2.07. The summed E-state index contributed by atoms with van der Waals surface area (Å²) in [6, 6.07) is 0. The van der Waals surface area contributed by atoms with Crippen molar-refractivity contribution in [2.75, 3.05) is 6.54 Å². The lowest BCUT2D eigenvalue weighted by Crippen LogP contribution is -2.28. The molecule has 7 heteroatoms. The molecule has 0 unspecified atom stereocenters. The Morgan fingerprint density at radius 3 is 3.05 bits per heavy atom. The van der Waals surface area contributed by atoms with E-state index < -0.39 is 0 Å². The molecule has 2 rings (SSSR count). The Kier molecular flexibility index (Phi) is 4.93. The average Bonchev–Trinajstić information content (AvgIpc) is 2.98. The highest BCUT2D eigenvalue weighted by molar-refractivity contribution is 7.09. The fourth-order valence-corrected chi connectivity index (χ4v) is 2.61. The number of carbonyl (C=O) groups excluding carboxylic acids is 1. The Labute approximate surface area is 120 Å². The maximum Gasteiger partial charge on any atom is 0.226 e. The van der Waals surface area contributed by atoms with Gasteiger partial charge in [-0.2, -0.15) is 5.10 Å². The van der Waals surface area contributed by atoms with Crippen molar-refractivity contribution >= 4 is 28.8 Å². The van der Waals surface area contributed by atoms with E-state index >= 15 is 0 Å². The largest absolute Gasteiger partial charge is 0.354 e. The van der Waals surface area contributed by atoms with Gasteiger partial charge in [0.25, 0.3) is 0 Å². The molecule has 0 saturated heterocycles. The number of halogens is 1. The third-order valence-corrected chi connectivity index (χ3v) is 3.64. The van der Waals surface area contributed by atoms with E-state index in [1.165, 1.54) is 11.3 Å². The second-order valence-electron chi connectivity index (χ2n) is 4.17. The van der Waals surface area contributed by atoms with Crippen LogP contribution in [0, 0.1) is 6.92 Å². The predicted octanol–water partition coefficient (Wildman–Crippen LogP) is 1.75. The van der Waals surface area contributed by atoms with E-state index in [0.717, 1.165) is 16.3 Å². The van der Waals surface area contributed by atoms with E-state index in [-0.39, 0.29) is 5.91 Å². The number of aryl methyl sites for hydroxylation is 1. The standard InChI is InChI=1S/C12H15ClN4OS/c1-9-6-15-17(7-9)3-2-14-11(18)4-12-16-10(5-13)8-19-12/h6-8H,2-5H2,1H3,(H,14,18). The Balaban J connectivity index is 1.72. The summed E-state index contributed by atoms with van der Waals surface area (Å²) in [6.07, 6.45) is 4.05. The zero-order valence-corrected chi connectivity index (χ0v) is 12.2. The maximum absolute atomic E-state index is 11.7. The molecule has 0 fully saturated rings. The second-order valence-corrected chi connectivity index (χ2v) is 5.38. The second kappa shape index (κ2) is 6.68. The number of aromatic nitrogens is 3. The Bertz CT molecular complexity index is 551. The maximum atomic E-state index is 11.7. The third kappa shape index (κ3) is 4.33. The van der Waals surface area contributed by atoms with Gasteiger partial charge in [-0.3, -0.25) is 9.48 Å². The molecule has 1 N–H and O–H groups in total. The van der Waals surface area contributed by atoms with E-state index in [4.69, 9.17) is 11.6 Å². The quantitative estimate of drug-likeness (QED) is 0.827. The molecule has 0 bridgehead atoms. The molecular weight excluding hydrogens is 284 g/mol. The molecule has 0 aliphatic heterocycles. The number of rotatable bonds is 6. The van der Waals surface area contributed by atoms with E-state index in [9.17, 15) is 4.79 Å². The van der Waals surface area contributed by atoms with Crippen molar-refractivity contribution in [2.24, 2.45) is 0 Å². The van der Waals surface area contributed by atoms with Crippen molar-refractivity contribution in [1.29, 1.82) is 0 Å².